The second-order valence-corrected chi connectivity index (χ2v) is 4.87. The summed E-state index contributed by atoms with van der Waals surface area (Å²) in [5.74, 6) is -0.387. The SMILES string of the molecule is COC(=O)/C=C/CCCCCCCCCCC(=O)OC. The molecule has 0 radical (unpaired) electrons. The molecule has 0 aliphatic heterocycles. The third-order valence-corrected chi connectivity index (χ3v) is 3.18. The fourth-order valence-electron chi connectivity index (χ4n) is 1.94. The maximum atomic E-state index is 10.9. The standard InChI is InChI=1S/C16H28O4/c1-19-15(17)13-11-9-7-5-3-4-6-8-10-12-14-16(18)20-2/h11,13H,3-10,12,14H2,1-2H3/b13-11+. The molecule has 0 aliphatic carbocycles. The third kappa shape index (κ3) is 13.1. The Hall–Kier alpha value is -1.32. The lowest BCUT2D eigenvalue weighted by atomic mass is 10.1. The van der Waals surface area contributed by atoms with Crippen LogP contribution >= 0.6 is 0 Å². The highest BCUT2D eigenvalue weighted by molar-refractivity contribution is 5.81. The summed E-state index contributed by atoms with van der Waals surface area (Å²) in [5.41, 5.74) is 0. The van der Waals surface area contributed by atoms with Crippen LogP contribution in [0, 0.1) is 0 Å². The van der Waals surface area contributed by atoms with Gasteiger partial charge in [0, 0.05) is 12.5 Å². The monoisotopic (exact) mass is 284 g/mol. The van der Waals surface area contributed by atoms with Crippen molar-refractivity contribution < 1.29 is 19.1 Å². The highest BCUT2D eigenvalue weighted by atomic mass is 16.5. The molecule has 0 saturated carbocycles. The summed E-state index contributed by atoms with van der Waals surface area (Å²) in [6, 6.07) is 0. The number of unbranched alkanes of at least 4 members (excludes halogenated alkanes) is 8. The lowest BCUT2D eigenvalue weighted by Gasteiger charge is -2.01. The van der Waals surface area contributed by atoms with Crippen LogP contribution in [0.25, 0.3) is 0 Å². The van der Waals surface area contributed by atoms with Crippen LogP contribution in [0.5, 0.6) is 0 Å². The molecule has 0 saturated heterocycles. The summed E-state index contributed by atoms with van der Waals surface area (Å²) >= 11 is 0. The summed E-state index contributed by atoms with van der Waals surface area (Å²) in [6.45, 7) is 0. The van der Waals surface area contributed by atoms with Gasteiger partial charge in [-0.2, -0.15) is 0 Å². The van der Waals surface area contributed by atoms with Crippen LogP contribution in [0.2, 0.25) is 0 Å². The molecule has 0 unspecified atom stereocenters. The summed E-state index contributed by atoms with van der Waals surface area (Å²) < 4.78 is 9.10. The Morgan fingerprint density at radius 1 is 0.800 bits per heavy atom. The highest BCUT2D eigenvalue weighted by Gasteiger charge is 1.99. The molecule has 20 heavy (non-hydrogen) atoms. The Morgan fingerprint density at radius 2 is 1.35 bits per heavy atom. The van der Waals surface area contributed by atoms with Gasteiger partial charge in [0.25, 0.3) is 0 Å². The molecule has 0 heterocycles. The molecule has 4 nitrogen and oxygen atoms in total. The Labute approximate surface area is 122 Å². The van der Waals surface area contributed by atoms with Gasteiger partial charge >= 0.3 is 11.9 Å². The predicted octanol–water partition coefficient (Wildman–Crippen LogP) is 3.79. The van der Waals surface area contributed by atoms with Gasteiger partial charge in [-0.05, 0) is 19.3 Å². The maximum absolute atomic E-state index is 10.9. The molecule has 0 rings (SSSR count). The van der Waals surface area contributed by atoms with E-state index in [0.717, 1.165) is 25.7 Å². The Kier molecular flexibility index (Phi) is 13.2. The summed E-state index contributed by atoms with van der Waals surface area (Å²) in [7, 11) is 2.82. The molecular formula is C16H28O4. The van der Waals surface area contributed by atoms with Crippen molar-refractivity contribution in [1.82, 2.24) is 0 Å². The first-order valence-corrected chi connectivity index (χ1v) is 7.52. The van der Waals surface area contributed by atoms with Gasteiger partial charge in [-0.3, -0.25) is 4.79 Å². The molecule has 0 atom stereocenters. The van der Waals surface area contributed by atoms with E-state index in [1.54, 1.807) is 0 Å². The lowest BCUT2D eigenvalue weighted by molar-refractivity contribution is -0.140. The van der Waals surface area contributed by atoms with Crippen LogP contribution in [0.4, 0.5) is 0 Å². The first kappa shape index (κ1) is 18.7. The van der Waals surface area contributed by atoms with E-state index in [1.807, 2.05) is 6.08 Å². The van der Waals surface area contributed by atoms with E-state index in [-0.39, 0.29) is 11.9 Å². The summed E-state index contributed by atoms with van der Waals surface area (Å²) in [5, 5.41) is 0. The summed E-state index contributed by atoms with van der Waals surface area (Å²) in [4.78, 5) is 21.7. The number of carbonyl (C=O) groups excluding carboxylic acids is 2. The average molecular weight is 284 g/mol. The quantitative estimate of drug-likeness (QED) is 0.311. The number of rotatable bonds is 12. The van der Waals surface area contributed by atoms with Crippen LogP contribution in [-0.4, -0.2) is 26.2 Å². The van der Waals surface area contributed by atoms with Gasteiger partial charge in [0.1, 0.15) is 0 Å². The topological polar surface area (TPSA) is 52.6 Å². The molecule has 0 fully saturated rings. The van der Waals surface area contributed by atoms with E-state index in [2.05, 4.69) is 9.47 Å². The van der Waals surface area contributed by atoms with E-state index in [1.165, 1.54) is 52.4 Å². The highest BCUT2D eigenvalue weighted by Crippen LogP contribution is 2.11. The molecule has 4 heteroatoms. The number of hydrogen-bond acceptors (Lipinski definition) is 4. The van der Waals surface area contributed by atoms with E-state index < -0.39 is 0 Å². The molecule has 0 spiro atoms. The Balaban J connectivity index is 3.15. The van der Waals surface area contributed by atoms with Gasteiger partial charge < -0.3 is 9.47 Å². The van der Waals surface area contributed by atoms with Crippen molar-refractivity contribution in [3.8, 4) is 0 Å². The lowest BCUT2D eigenvalue weighted by Crippen LogP contribution is -1.99. The van der Waals surface area contributed by atoms with Crippen molar-refractivity contribution in [2.24, 2.45) is 0 Å². The zero-order chi connectivity index (χ0) is 15.1. The van der Waals surface area contributed by atoms with Crippen LogP contribution in [-0.2, 0) is 19.1 Å². The molecule has 0 aliphatic rings. The van der Waals surface area contributed by atoms with Crippen molar-refractivity contribution >= 4 is 11.9 Å². The van der Waals surface area contributed by atoms with Crippen LogP contribution in [0.1, 0.15) is 64.2 Å². The second-order valence-electron chi connectivity index (χ2n) is 4.87. The fourth-order valence-corrected chi connectivity index (χ4v) is 1.94. The van der Waals surface area contributed by atoms with Gasteiger partial charge in [0.05, 0.1) is 14.2 Å². The number of allylic oxidation sites excluding steroid dienone is 1. The molecule has 116 valence electrons. The predicted molar refractivity (Wildman–Crippen MR) is 79.3 cm³/mol. The normalized spacial score (nSPS) is 10.7. The minimum atomic E-state index is -0.281. The van der Waals surface area contributed by atoms with E-state index in [9.17, 15) is 9.59 Å². The van der Waals surface area contributed by atoms with E-state index in [4.69, 9.17) is 0 Å². The van der Waals surface area contributed by atoms with Crippen LogP contribution in [0.15, 0.2) is 12.2 Å². The van der Waals surface area contributed by atoms with Gasteiger partial charge in [-0.15, -0.1) is 0 Å². The van der Waals surface area contributed by atoms with E-state index >= 15 is 0 Å². The van der Waals surface area contributed by atoms with Crippen molar-refractivity contribution in [1.29, 1.82) is 0 Å². The minimum Gasteiger partial charge on any atom is -0.469 e. The molecule has 0 aromatic heterocycles. The number of methoxy groups -OCH3 is 2. The number of hydrogen-bond donors (Lipinski definition) is 0. The molecule has 0 amide bonds. The molecule has 0 N–H and O–H groups in total. The number of ether oxygens (including phenoxy) is 2. The first-order chi connectivity index (χ1) is 9.70. The third-order valence-electron chi connectivity index (χ3n) is 3.18. The average Bonchev–Trinajstić information content (AvgIpc) is 2.47. The molecular weight excluding hydrogens is 256 g/mol. The number of esters is 2. The van der Waals surface area contributed by atoms with Crippen LogP contribution in [0.3, 0.4) is 0 Å². The second kappa shape index (κ2) is 14.1. The van der Waals surface area contributed by atoms with Gasteiger partial charge in [-0.25, -0.2) is 4.79 Å². The maximum Gasteiger partial charge on any atom is 0.330 e. The molecule has 0 aromatic rings. The van der Waals surface area contributed by atoms with Crippen molar-refractivity contribution in [3.63, 3.8) is 0 Å². The van der Waals surface area contributed by atoms with Crippen molar-refractivity contribution in [2.75, 3.05) is 14.2 Å². The minimum absolute atomic E-state index is 0.106. The van der Waals surface area contributed by atoms with Gasteiger partial charge in [-0.1, -0.05) is 44.6 Å². The van der Waals surface area contributed by atoms with Crippen molar-refractivity contribution in [2.45, 2.75) is 64.2 Å². The molecule has 0 aromatic carbocycles. The Morgan fingerprint density at radius 3 is 1.90 bits per heavy atom. The van der Waals surface area contributed by atoms with Gasteiger partial charge in [0.2, 0.25) is 0 Å². The Bertz CT molecular complexity index is 284. The zero-order valence-electron chi connectivity index (χ0n) is 12.9. The smallest absolute Gasteiger partial charge is 0.330 e. The first-order valence-electron chi connectivity index (χ1n) is 7.52. The largest absolute Gasteiger partial charge is 0.469 e. The summed E-state index contributed by atoms with van der Waals surface area (Å²) in [6.07, 6.45) is 14.1. The van der Waals surface area contributed by atoms with E-state index in [0.29, 0.717) is 6.42 Å². The fraction of sp³-hybridized carbons (Fsp3) is 0.750. The van der Waals surface area contributed by atoms with Crippen LogP contribution < -0.4 is 0 Å². The molecule has 0 bridgehead atoms. The number of carbonyl (C=O) groups is 2. The van der Waals surface area contributed by atoms with Gasteiger partial charge in [0.15, 0.2) is 0 Å². The zero-order valence-corrected chi connectivity index (χ0v) is 12.9. The van der Waals surface area contributed by atoms with Crippen molar-refractivity contribution in [3.05, 3.63) is 12.2 Å².